The zero-order chi connectivity index (χ0) is 30.4. The molecule has 0 radical (unpaired) electrons. The fourth-order valence-corrected chi connectivity index (χ4v) is 7.26. The summed E-state index contributed by atoms with van der Waals surface area (Å²) in [6, 6.07) is 9.61. The maximum atomic E-state index is 14.1. The van der Waals surface area contributed by atoms with Gasteiger partial charge >= 0.3 is 21.3 Å². The highest BCUT2D eigenvalue weighted by Gasteiger charge is 2.47. The predicted octanol–water partition coefficient (Wildman–Crippen LogP) is 3.82. The van der Waals surface area contributed by atoms with Crippen molar-refractivity contribution in [2.45, 2.75) is 38.1 Å². The van der Waals surface area contributed by atoms with Gasteiger partial charge in [0.1, 0.15) is 41.4 Å². The normalized spacial score (nSPS) is 27.8. The first-order valence-corrected chi connectivity index (χ1v) is 15.7. The van der Waals surface area contributed by atoms with E-state index >= 15 is 0 Å². The summed E-state index contributed by atoms with van der Waals surface area (Å²) in [6.07, 6.45) is -3.07. The third kappa shape index (κ3) is 6.13. The average molecular weight is 642 g/mol. The molecule has 1 aromatic heterocycles. The van der Waals surface area contributed by atoms with Crippen LogP contribution in [-0.2, 0) is 45.2 Å². The third-order valence-electron chi connectivity index (χ3n) is 6.79. The summed E-state index contributed by atoms with van der Waals surface area (Å²) in [6.45, 7) is -0.739. The smallest absolute Gasteiger partial charge is 0.497 e. The van der Waals surface area contributed by atoms with Crippen LogP contribution in [0.1, 0.15) is 23.8 Å². The van der Waals surface area contributed by atoms with Crippen molar-refractivity contribution in [2.75, 3.05) is 20.8 Å². The van der Waals surface area contributed by atoms with E-state index in [1.807, 2.05) is 4.98 Å². The molecule has 1 fully saturated rings. The zero-order valence-corrected chi connectivity index (χ0v) is 24.4. The van der Waals surface area contributed by atoms with Gasteiger partial charge in [0.05, 0.1) is 40.2 Å². The first-order valence-electron chi connectivity index (χ1n) is 12.8. The number of H-pyrrole nitrogens is 1. The number of aromatic nitrogens is 2. The van der Waals surface area contributed by atoms with Gasteiger partial charge in [-0.2, -0.15) is 4.39 Å². The lowest BCUT2D eigenvalue weighted by Crippen LogP contribution is -2.34. The van der Waals surface area contributed by atoms with Crippen molar-refractivity contribution in [3.63, 3.8) is 0 Å². The summed E-state index contributed by atoms with van der Waals surface area (Å²) in [5.41, 5.74) is -1.03. The maximum Gasteiger partial charge on any atom is 0.530 e. The van der Waals surface area contributed by atoms with Crippen LogP contribution in [0.15, 0.2) is 52.2 Å². The van der Waals surface area contributed by atoms with Crippen molar-refractivity contribution in [3.05, 3.63) is 80.4 Å². The van der Waals surface area contributed by atoms with Crippen molar-refractivity contribution in [3.8, 4) is 23.0 Å². The number of halogens is 1. The topological polar surface area (TPSA) is 172 Å². The van der Waals surface area contributed by atoms with Gasteiger partial charge in [-0.15, -0.1) is 0 Å². The van der Waals surface area contributed by atoms with E-state index in [2.05, 4.69) is 0 Å². The first-order chi connectivity index (χ1) is 20.6. The van der Waals surface area contributed by atoms with E-state index in [4.69, 9.17) is 41.4 Å². The number of ether oxygens (including phenoxy) is 3. The SMILES string of the molecule is COc1ccc2c(c1)COP(=O)(OC[C@H]1O[C@@H](n3cc(F)c(=O)[nH]c3=O)C[C@@H]1OP1(=O)OCc3cc(OC)ccc3O1)O2. The van der Waals surface area contributed by atoms with Gasteiger partial charge < -0.3 is 23.3 Å². The van der Waals surface area contributed by atoms with Crippen molar-refractivity contribution < 1.29 is 54.9 Å². The van der Waals surface area contributed by atoms with Crippen molar-refractivity contribution >= 4 is 15.6 Å². The Hall–Kier alpha value is -3.49. The lowest BCUT2D eigenvalue weighted by atomic mass is 10.2. The molecule has 18 heteroatoms. The van der Waals surface area contributed by atoms with Crippen LogP contribution in [0, 0.1) is 5.82 Å². The largest absolute Gasteiger partial charge is 0.530 e. The summed E-state index contributed by atoms with van der Waals surface area (Å²) >= 11 is 0. The van der Waals surface area contributed by atoms with Gasteiger partial charge in [0.15, 0.2) is 0 Å². The van der Waals surface area contributed by atoms with Gasteiger partial charge in [0.2, 0.25) is 5.82 Å². The minimum absolute atomic E-state index is 0.106. The molecule has 0 bridgehead atoms. The Morgan fingerprint density at radius 3 is 2.19 bits per heavy atom. The molecule has 0 amide bonds. The van der Waals surface area contributed by atoms with Gasteiger partial charge in [-0.05, 0) is 36.4 Å². The first kappa shape index (κ1) is 29.6. The molecule has 5 atom stereocenters. The summed E-state index contributed by atoms with van der Waals surface area (Å²) in [7, 11) is -5.45. The lowest BCUT2D eigenvalue weighted by molar-refractivity contribution is -0.0477. The number of nitrogens with one attached hydrogen (secondary N) is 1. The molecule has 1 saturated heterocycles. The third-order valence-corrected chi connectivity index (χ3v) is 9.51. The van der Waals surface area contributed by atoms with E-state index < -0.39 is 57.8 Å². The molecule has 0 aliphatic carbocycles. The number of methoxy groups -OCH3 is 2. The Kier molecular flexibility index (Phi) is 7.94. The highest BCUT2D eigenvalue weighted by atomic mass is 31.2. The van der Waals surface area contributed by atoms with Crippen LogP contribution in [0.4, 0.5) is 4.39 Å². The molecule has 0 spiro atoms. The van der Waals surface area contributed by atoms with Crippen molar-refractivity contribution in [1.29, 1.82) is 0 Å². The number of benzene rings is 2. The number of hydrogen-bond acceptors (Lipinski definition) is 13. The Bertz CT molecular complexity index is 1760. The number of rotatable bonds is 8. The van der Waals surface area contributed by atoms with E-state index in [1.54, 1.807) is 36.4 Å². The fraction of sp³-hybridized carbons (Fsp3) is 0.360. The van der Waals surface area contributed by atoms with Crippen LogP contribution >= 0.6 is 15.6 Å². The highest BCUT2D eigenvalue weighted by Crippen LogP contribution is 2.58. The van der Waals surface area contributed by atoms with Crippen LogP contribution in [-0.4, -0.2) is 42.6 Å². The Morgan fingerprint density at radius 2 is 1.56 bits per heavy atom. The zero-order valence-electron chi connectivity index (χ0n) is 22.6. The lowest BCUT2D eigenvalue weighted by Gasteiger charge is -2.29. The maximum absolute atomic E-state index is 14.1. The predicted molar refractivity (Wildman–Crippen MR) is 143 cm³/mol. The van der Waals surface area contributed by atoms with Gasteiger partial charge in [-0.3, -0.25) is 32.4 Å². The monoisotopic (exact) mass is 642 g/mol. The molecule has 3 aliphatic rings. The number of nitrogens with zero attached hydrogens (tertiary/aromatic N) is 1. The standard InChI is InChI=1S/C25H25FN2O13P2/c1-33-16-3-5-19-14(7-16)11-35-42(31,39-19)37-13-22-21(9-23(38-22)28-10-18(26)24(29)27-25(28)30)41-43(32)36-12-15-8-17(34-2)4-6-20(15)40-43/h3-8,10,21-23H,9,11-13H2,1-2H3,(H,27,29,30)/t21-,22+,23+,42?,43?/m0/s1. The average Bonchev–Trinajstić information content (AvgIpc) is 3.38. The Labute approximate surface area is 242 Å². The van der Waals surface area contributed by atoms with Gasteiger partial charge in [-0.25, -0.2) is 13.9 Å². The van der Waals surface area contributed by atoms with Crippen molar-refractivity contribution in [1.82, 2.24) is 9.55 Å². The van der Waals surface area contributed by atoms with E-state index in [-0.39, 0.29) is 31.1 Å². The highest BCUT2D eigenvalue weighted by molar-refractivity contribution is 7.49. The van der Waals surface area contributed by atoms with Crippen LogP contribution < -0.4 is 29.8 Å². The van der Waals surface area contributed by atoms with Crippen LogP contribution in [0.3, 0.4) is 0 Å². The number of fused-ring (bicyclic) bond motifs is 2. The second kappa shape index (κ2) is 11.5. The van der Waals surface area contributed by atoms with Gasteiger partial charge in [0, 0.05) is 17.5 Å². The van der Waals surface area contributed by atoms with Gasteiger partial charge in [0.25, 0.3) is 5.56 Å². The van der Waals surface area contributed by atoms with E-state index in [0.29, 0.717) is 28.8 Å². The summed E-state index contributed by atoms with van der Waals surface area (Å²) < 4.78 is 91.1. The number of aromatic amines is 1. The molecular formula is C25H25FN2O13P2. The molecule has 0 saturated carbocycles. The number of phosphoric acid groups is 2. The minimum atomic E-state index is -4.27. The van der Waals surface area contributed by atoms with Crippen molar-refractivity contribution in [2.24, 2.45) is 0 Å². The molecule has 1 N–H and O–H groups in total. The molecule has 3 aromatic rings. The molecule has 2 unspecified atom stereocenters. The Morgan fingerprint density at radius 1 is 0.953 bits per heavy atom. The minimum Gasteiger partial charge on any atom is -0.497 e. The second-order valence-electron chi connectivity index (χ2n) is 9.52. The fourth-order valence-electron chi connectivity index (χ4n) is 4.61. The molecule has 3 aliphatic heterocycles. The van der Waals surface area contributed by atoms with Gasteiger partial charge in [-0.1, -0.05) is 0 Å². The number of phosphoric ester groups is 2. The van der Waals surface area contributed by atoms with Crippen LogP contribution in [0.5, 0.6) is 23.0 Å². The van der Waals surface area contributed by atoms with E-state index in [9.17, 15) is 23.1 Å². The second-order valence-corrected chi connectivity index (χ2v) is 12.7. The molecule has 15 nitrogen and oxygen atoms in total. The van der Waals surface area contributed by atoms with E-state index in [1.165, 1.54) is 14.2 Å². The summed E-state index contributed by atoms with van der Waals surface area (Å²) in [5, 5.41) is 0. The molecular weight excluding hydrogens is 617 g/mol. The van der Waals surface area contributed by atoms with Crippen LogP contribution in [0.25, 0.3) is 0 Å². The molecule has 4 heterocycles. The number of hydrogen-bond donors (Lipinski definition) is 1. The van der Waals surface area contributed by atoms with Crippen LogP contribution in [0.2, 0.25) is 0 Å². The molecule has 230 valence electrons. The summed E-state index contributed by atoms with van der Waals surface area (Å²) in [5.74, 6) is 0.346. The molecule has 6 rings (SSSR count). The molecule has 2 aromatic carbocycles. The summed E-state index contributed by atoms with van der Waals surface area (Å²) in [4.78, 5) is 25.8. The molecule has 43 heavy (non-hydrogen) atoms. The van der Waals surface area contributed by atoms with E-state index in [0.717, 1.165) is 4.57 Å². The Balaban J connectivity index is 1.22. The quantitative estimate of drug-likeness (QED) is 0.352.